The van der Waals surface area contributed by atoms with Crippen molar-refractivity contribution in [3.8, 4) is 0 Å². The van der Waals surface area contributed by atoms with Gasteiger partial charge in [0.05, 0.1) is 0 Å². The third-order valence-corrected chi connectivity index (χ3v) is 5.31. The smallest absolute Gasteiger partial charge is 0.325 e. The standard InChI is InChI=1S/C21H21N3O3/c1-21(16-11-10-14-6-5-7-15(14)12-16)19(26)24(20(27)23-21)13-18(25)22-17-8-3-2-4-9-17/h2-4,8-12H,5-7,13H2,1H3,(H,22,25)(H,23,27)/t21-/m0/s1. The number of imide groups is 1. The highest BCUT2D eigenvalue weighted by atomic mass is 16.2. The molecule has 138 valence electrons. The lowest BCUT2D eigenvalue weighted by Crippen LogP contribution is -2.42. The van der Waals surface area contributed by atoms with Crippen LogP contribution in [0.25, 0.3) is 0 Å². The molecule has 1 aliphatic heterocycles. The molecule has 1 aliphatic carbocycles. The number of benzene rings is 2. The molecule has 4 rings (SSSR count). The summed E-state index contributed by atoms with van der Waals surface area (Å²) in [6, 6.07) is 14.3. The summed E-state index contributed by atoms with van der Waals surface area (Å²) in [5.74, 6) is -0.823. The average Bonchev–Trinajstić information content (AvgIpc) is 3.21. The maximum atomic E-state index is 13.0. The second kappa shape index (κ2) is 6.54. The normalized spacial score (nSPS) is 21.1. The minimum Gasteiger partial charge on any atom is -0.325 e. The van der Waals surface area contributed by atoms with Gasteiger partial charge < -0.3 is 10.6 Å². The van der Waals surface area contributed by atoms with E-state index in [1.165, 1.54) is 11.1 Å². The van der Waals surface area contributed by atoms with Crippen molar-refractivity contribution in [2.45, 2.75) is 31.7 Å². The first-order valence-electron chi connectivity index (χ1n) is 9.09. The Hall–Kier alpha value is -3.15. The zero-order valence-corrected chi connectivity index (χ0v) is 15.1. The van der Waals surface area contributed by atoms with E-state index in [0.717, 1.165) is 29.7 Å². The number of urea groups is 1. The zero-order valence-electron chi connectivity index (χ0n) is 15.1. The second-order valence-corrected chi connectivity index (χ2v) is 7.20. The Balaban J connectivity index is 1.52. The van der Waals surface area contributed by atoms with Crippen molar-refractivity contribution in [3.05, 3.63) is 65.2 Å². The molecule has 2 aromatic carbocycles. The van der Waals surface area contributed by atoms with Crippen molar-refractivity contribution in [2.75, 3.05) is 11.9 Å². The monoisotopic (exact) mass is 363 g/mol. The number of carbonyl (C=O) groups is 3. The Kier molecular flexibility index (Phi) is 4.18. The number of carbonyl (C=O) groups excluding carboxylic acids is 3. The van der Waals surface area contributed by atoms with E-state index in [2.05, 4.69) is 10.6 Å². The first-order valence-corrected chi connectivity index (χ1v) is 9.09. The van der Waals surface area contributed by atoms with Gasteiger partial charge in [0, 0.05) is 5.69 Å². The van der Waals surface area contributed by atoms with Crippen molar-refractivity contribution >= 4 is 23.5 Å². The SMILES string of the molecule is C[C@@]1(c2ccc3c(c2)CCC3)NC(=O)N(CC(=O)Nc2ccccc2)C1=O. The summed E-state index contributed by atoms with van der Waals surface area (Å²) in [7, 11) is 0. The number of rotatable bonds is 4. The lowest BCUT2D eigenvalue weighted by molar-refractivity contribution is -0.133. The van der Waals surface area contributed by atoms with Gasteiger partial charge in [0.25, 0.3) is 5.91 Å². The molecule has 0 radical (unpaired) electrons. The van der Waals surface area contributed by atoms with Crippen molar-refractivity contribution in [1.29, 1.82) is 0 Å². The quantitative estimate of drug-likeness (QED) is 0.820. The molecule has 2 aromatic rings. The highest BCUT2D eigenvalue weighted by Crippen LogP contribution is 2.32. The lowest BCUT2D eigenvalue weighted by atomic mass is 9.89. The molecule has 2 aliphatic rings. The van der Waals surface area contributed by atoms with Crippen LogP contribution in [-0.2, 0) is 28.0 Å². The van der Waals surface area contributed by atoms with Gasteiger partial charge in [-0.1, -0.05) is 36.4 Å². The van der Waals surface area contributed by atoms with Gasteiger partial charge >= 0.3 is 6.03 Å². The van der Waals surface area contributed by atoms with Crippen LogP contribution in [0, 0.1) is 0 Å². The molecule has 1 atom stereocenters. The molecular weight excluding hydrogens is 342 g/mol. The first-order chi connectivity index (χ1) is 13.0. The molecule has 4 amide bonds. The van der Waals surface area contributed by atoms with Gasteiger partial charge in [0.1, 0.15) is 12.1 Å². The molecule has 1 heterocycles. The average molecular weight is 363 g/mol. The summed E-state index contributed by atoms with van der Waals surface area (Å²) >= 11 is 0. The van der Waals surface area contributed by atoms with Crippen LogP contribution in [0.3, 0.4) is 0 Å². The van der Waals surface area contributed by atoms with Gasteiger partial charge in [0.15, 0.2) is 0 Å². The first kappa shape index (κ1) is 17.3. The van der Waals surface area contributed by atoms with Crippen molar-refractivity contribution in [2.24, 2.45) is 0 Å². The van der Waals surface area contributed by atoms with Gasteiger partial charge in [-0.3, -0.25) is 14.5 Å². The predicted molar refractivity (Wildman–Crippen MR) is 101 cm³/mol. The van der Waals surface area contributed by atoms with Crippen LogP contribution >= 0.6 is 0 Å². The Bertz CT molecular complexity index is 926. The van der Waals surface area contributed by atoms with E-state index in [1.54, 1.807) is 31.2 Å². The van der Waals surface area contributed by atoms with Gasteiger partial charge in [-0.15, -0.1) is 0 Å². The molecule has 1 fully saturated rings. The number of amides is 4. The molecule has 6 heteroatoms. The predicted octanol–water partition coefficient (Wildman–Crippen LogP) is 2.58. The molecule has 27 heavy (non-hydrogen) atoms. The summed E-state index contributed by atoms with van der Waals surface area (Å²) < 4.78 is 0. The molecule has 0 spiro atoms. The molecule has 0 aromatic heterocycles. The molecule has 1 saturated heterocycles. The number of anilines is 1. The van der Waals surface area contributed by atoms with Crippen LogP contribution in [-0.4, -0.2) is 29.3 Å². The van der Waals surface area contributed by atoms with Crippen LogP contribution in [0.15, 0.2) is 48.5 Å². The van der Waals surface area contributed by atoms with Crippen molar-refractivity contribution in [3.63, 3.8) is 0 Å². The van der Waals surface area contributed by atoms with Gasteiger partial charge in [-0.25, -0.2) is 4.79 Å². The third kappa shape index (κ3) is 3.07. The molecule has 0 saturated carbocycles. The van der Waals surface area contributed by atoms with Gasteiger partial charge in [0.2, 0.25) is 5.91 Å². The molecular formula is C21H21N3O3. The number of hydrogen-bond donors (Lipinski definition) is 2. The summed E-state index contributed by atoms with van der Waals surface area (Å²) in [5.41, 5.74) is 2.76. The van der Waals surface area contributed by atoms with Crippen LogP contribution < -0.4 is 10.6 Å². The Labute approximate surface area is 157 Å². The summed E-state index contributed by atoms with van der Waals surface area (Å²) in [5, 5.41) is 5.46. The van der Waals surface area contributed by atoms with E-state index in [0.29, 0.717) is 5.69 Å². The maximum absolute atomic E-state index is 13.0. The van der Waals surface area contributed by atoms with E-state index in [-0.39, 0.29) is 6.54 Å². The van der Waals surface area contributed by atoms with E-state index in [9.17, 15) is 14.4 Å². The second-order valence-electron chi connectivity index (χ2n) is 7.20. The van der Waals surface area contributed by atoms with Crippen LogP contribution in [0.2, 0.25) is 0 Å². The number of fused-ring (bicyclic) bond motifs is 1. The summed E-state index contributed by atoms with van der Waals surface area (Å²) in [6.45, 7) is 1.37. The molecule has 0 unspecified atom stereocenters. The number of hydrogen-bond acceptors (Lipinski definition) is 3. The van der Waals surface area contributed by atoms with Crippen LogP contribution in [0.4, 0.5) is 10.5 Å². The largest absolute Gasteiger partial charge is 0.325 e. The Morgan fingerprint density at radius 3 is 2.63 bits per heavy atom. The lowest BCUT2D eigenvalue weighted by Gasteiger charge is -2.23. The number of para-hydroxylation sites is 1. The summed E-state index contributed by atoms with van der Waals surface area (Å²) in [4.78, 5) is 38.7. The highest BCUT2D eigenvalue weighted by molar-refractivity contribution is 6.10. The van der Waals surface area contributed by atoms with Gasteiger partial charge in [-0.2, -0.15) is 0 Å². The minimum absolute atomic E-state index is 0.319. The topological polar surface area (TPSA) is 78.5 Å². The Morgan fingerprint density at radius 1 is 1.11 bits per heavy atom. The number of nitrogens with zero attached hydrogens (tertiary/aromatic N) is 1. The fourth-order valence-corrected chi connectivity index (χ4v) is 3.78. The van der Waals surface area contributed by atoms with Crippen LogP contribution in [0.5, 0.6) is 0 Å². The Morgan fingerprint density at radius 2 is 1.85 bits per heavy atom. The minimum atomic E-state index is -1.15. The van der Waals surface area contributed by atoms with E-state index < -0.39 is 23.4 Å². The molecule has 2 N–H and O–H groups in total. The zero-order chi connectivity index (χ0) is 19.0. The fraction of sp³-hybridized carbons (Fsp3) is 0.286. The molecule has 6 nitrogen and oxygen atoms in total. The number of nitrogens with one attached hydrogen (secondary N) is 2. The molecule has 0 bridgehead atoms. The van der Waals surface area contributed by atoms with E-state index in [4.69, 9.17) is 0 Å². The van der Waals surface area contributed by atoms with Gasteiger partial charge in [-0.05, 0) is 55.0 Å². The van der Waals surface area contributed by atoms with Crippen molar-refractivity contribution < 1.29 is 14.4 Å². The summed E-state index contributed by atoms with van der Waals surface area (Å²) in [6.07, 6.45) is 3.16. The maximum Gasteiger partial charge on any atom is 0.325 e. The van der Waals surface area contributed by atoms with Crippen LogP contribution in [0.1, 0.15) is 30.0 Å². The number of aryl methyl sites for hydroxylation is 2. The fourth-order valence-electron chi connectivity index (χ4n) is 3.78. The van der Waals surface area contributed by atoms with Crippen molar-refractivity contribution in [1.82, 2.24) is 10.2 Å². The van der Waals surface area contributed by atoms with E-state index in [1.807, 2.05) is 24.3 Å². The van der Waals surface area contributed by atoms with E-state index >= 15 is 0 Å². The highest BCUT2D eigenvalue weighted by Gasteiger charge is 2.49. The third-order valence-electron chi connectivity index (χ3n) is 5.31.